The van der Waals surface area contributed by atoms with Gasteiger partial charge in [0.05, 0.1) is 12.1 Å². The number of nitrogens with two attached hydrogens (primary N) is 1. The van der Waals surface area contributed by atoms with Crippen LogP contribution in [0.25, 0.3) is 10.9 Å². The van der Waals surface area contributed by atoms with E-state index in [-0.39, 0.29) is 12.0 Å². The third kappa shape index (κ3) is 2.99. The van der Waals surface area contributed by atoms with Crippen LogP contribution in [0.3, 0.4) is 0 Å². The van der Waals surface area contributed by atoms with Crippen LogP contribution in [-0.4, -0.2) is 39.7 Å². The summed E-state index contributed by atoms with van der Waals surface area (Å²) in [5, 5.41) is 10.4. The number of rotatable bonds is 3. The van der Waals surface area contributed by atoms with Gasteiger partial charge < -0.3 is 10.8 Å². The lowest BCUT2D eigenvalue weighted by Crippen LogP contribution is -2.43. The normalized spacial score (nSPS) is 23.5. The van der Waals surface area contributed by atoms with Crippen LogP contribution in [0, 0.1) is 5.41 Å². The van der Waals surface area contributed by atoms with E-state index in [2.05, 4.69) is 21.8 Å². The molecule has 0 bridgehead atoms. The van der Waals surface area contributed by atoms with E-state index in [0.717, 1.165) is 42.7 Å². The second kappa shape index (κ2) is 5.58. The van der Waals surface area contributed by atoms with Gasteiger partial charge in [-0.15, -0.1) is 0 Å². The fraction of sp³-hybridized carbons (Fsp3) is 0.500. The summed E-state index contributed by atoms with van der Waals surface area (Å²) in [5.41, 5.74) is 6.91. The predicted molar refractivity (Wildman–Crippen MR) is 83.7 cm³/mol. The summed E-state index contributed by atoms with van der Waals surface area (Å²) < 4.78 is 0. The van der Waals surface area contributed by atoms with Gasteiger partial charge in [0, 0.05) is 24.0 Å². The van der Waals surface area contributed by atoms with Crippen LogP contribution in [0.4, 0.5) is 5.82 Å². The number of hydrogen-bond acceptors (Lipinski definition) is 5. The van der Waals surface area contributed by atoms with Crippen molar-refractivity contribution in [2.45, 2.75) is 26.3 Å². The van der Waals surface area contributed by atoms with Crippen LogP contribution in [0.1, 0.15) is 25.6 Å². The Hall–Kier alpha value is -1.72. The zero-order chi connectivity index (χ0) is 14.9. The third-order valence-corrected chi connectivity index (χ3v) is 4.29. The summed E-state index contributed by atoms with van der Waals surface area (Å²) in [6, 6.07) is 7.81. The molecule has 1 aliphatic rings. The van der Waals surface area contributed by atoms with E-state index >= 15 is 0 Å². The number of likely N-dealkylation sites (tertiary alicyclic amines) is 1. The van der Waals surface area contributed by atoms with Crippen LogP contribution in [-0.2, 0) is 6.54 Å². The van der Waals surface area contributed by atoms with E-state index in [1.165, 1.54) is 0 Å². The number of fused-ring (bicyclic) bond motifs is 1. The Morgan fingerprint density at radius 3 is 2.95 bits per heavy atom. The lowest BCUT2D eigenvalue weighted by molar-refractivity contribution is 0.0418. The van der Waals surface area contributed by atoms with Gasteiger partial charge in [-0.25, -0.2) is 9.97 Å². The molecule has 1 aliphatic heterocycles. The molecule has 1 unspecified atom stereocenters. The molecule has 0 radical (unpaired) electrons. The highest BCUT2D eigenvalue weighted by Crippen LogP contribution is 2.29. The minimum atomic E-state index is -0.0133. The van der Waals surface area contributed by atoms with Crippen molar-refractivity contribution in [1.29, 1.82) is 0 Å². The van der Waals surface area contributed by atoms with Gasteiger partial charge in [0.25, 0.3) is 0 Å². The first-order valence-corrected chi connectivity index (χ1v) is 7.44. The Bertz CT molecular complexity index is 645. The molecule has 21 heavy (non-hydrogen) atoms. The number of hydrogen-bond donors (Lipinski definition) is 2. The SMILES string of the molecule is CC1(CO)CCCN(Cc2nc(N)c3ccccc3n2)C1. The Labute approximate surface area is 124 Å². The maximum atomic E-state index is 9.54. The molecule has 1 aromatic heterocycles. The van der Waals surface area contributed by atoms with Gasteiger partial charge in [-0.05, 0) is 31.5 Å². The van der Waals surface area contributed by atoms with E-state index in [4.69, 9.17) is 5.73 Å². The van der Waals surface area contributed by atoms with Crippen molar-refractivity contribution >= 4 is 16.7 Å². The van der Waals surface area contributed by atoms with Crippen LogP contribution >= 0.6 is 0 Å². The number of benzene rings is 1. The summed E-state index contributed by atoms with van der Waals surface area (Å²) in [6.07, 6.45) is 2.17. The van der Waals surface area contributed by atoms with Gasteiger partial charge in [0.1, 0.15) is 11.6 Å². The van der Waals surface area contributed by atoms with Gasteiger partial charge in [-0.3, -0.25) is 4.90 Å². The fourth-order valence-electron chi connectivity index (χ4n) is 3.11. The quantitative estimate of drug-likeness (QED) is 0.900. The number of aromatic nitrogens is 2. The molecule has 1 saturated heterocycles. The number of nitrogen functional groups attached to an aromatic ring is 1. The number of para-hydroxylation sites is 1. The molecule has 0 spiro atoms. The summed E-state index contributed by atoms with van der Waals surface area (Å²) in [5.74, 6) is 1.30. The van der Waals surface area contributed by atoms with Crippen LogP contribution in [0.2, 0.25) is 0 Å². The zero-order valence-corrected chi connectivity index (χ0v) is 12.4. The van der Waals surface area contributed by atoms with Gasteiger partial charge in [0.2, 0.25) is 0 Å². The molecule has 1 atom stereocenters. The Morgan fingerprint density at radius 1 is 1.33 bits per heavy atom. The molecule has 0 aliphatic carbocycles. The highest BCUT2D eigenvalue weighted by atomic mass is 16.3. The van der Waals surface area contributed by atoms with Crippen molar-refractivity contribution in [3.8, 4) is 0 Å². The van der Waals surface area contributed by atoms with Crippen molar-refractivity contribution in [2.75, 3.05) is 25.4 Å². The minimum absolute atomic E-state index is 0.0133. The average molecular weight is 286 g/mol. The van der Waals surface area contributed by atoms with Gasteiger partial charge in [-0.1, -0.05) is 19.1 Å². The van der Waals surface area contributed by atoms with E-state index < -0.39 is 0 Å². The molecule has 0 saturated carbocycles. The Morgan fingerprint density at radius 2 is 2.14 bits per heavy atom. The number of aliphatic hydroxyl groups is 1. The van der Waals surface area contributed by atoms with Gasteiger partial charge >= 0.3 is 0 Å². The highest BCUT2D eigenvalue weighted by Gasteiger charge is 2.30. The molecule has 3 rings (SSSR count). The number of piperidine rings is 1. The minimum Gasteiger partial charge on any atom is -0.396 e. The molecular weight excluding hydrogens is 264 g/mol. The number of anilines is 1. The topological polar surface area (TPSA) is 75.3 Å². The molecule has 2 heterocycles. The molecule has 3 N–H and O–H groups in total. The van der Waals surface area contributed by atoms with Crippen molar-refractivity contribution in [3.63, 3.8) is 0 Å². The fourth-order valence-corrected chi connectivity index (χ4v) is 3.11. The molecule has 5 heteroatoms. The van der Waals surface area contributed by atoms with E-state index in [9.17, 15) is 5.11 Å². The monoisotopic (exact) mass is 286 g/mol. The van der Waals surface area contributed by atoms with Crippen molar-refractivity contribution in [3.05, 3.63) is 30.1 Å². The van der Waals surface area contributed by atoms with Crippen molar-refractivity contribution in [1.82, 2.24) is 14.9 Å². The van der Waals surface area contributed by atoms with Crippen molar-refractivity contribution in [2.24, 2.45) is 5.41 Å². The molecule has 0 amide bonds. The summed E-state index contributed by atoms with van der Waals surface area (Å²) in [4.78, 5) is 11.3. The van der Waals surface area contributed by atoms with Crippen LogP contribution < -0.4 is 5.73 Å². The smallest absolute Gasteiger partial charge is 0.145 e. The van der Waals surface area contributed by atoms with Crippen LogP contribution in [0.15, 0.2) is 24.3 Å². The second-order valence-electron chi connectivity index (χ2n) is 6.33. The lowest BCUT2D eigenvalue weighted by atomic mass is 9.83. The Kier molecular flexibility index (Phi) is 3.78. The van der Waals surface area contributed by atoms with E-state index in [0.29, 0.717) is 12.4 Å². The molecule has 1 fully saturated rings. The number of nitrogens with zero attached hydrogens (tertiary/aromatic N) is 3. The molecule has 5 nitrogen and oxygen atoms in total. The standard InChI is InChI=1S/C16H22N4O/c1-16(11-21)7-4-8-20(10-16)9-14-18-13-6-3-2-5-12(13)15(17)19-14/h2-3,5-6,21H,4,7-11H2,1H3,(H2,17,18,19). The molecule has 1 aromatic carbocycles. The van der Waals surface area contributed by atoms with E-state index in [1.807, 2.05) is 24.3 Å². The average Bonchev–Trinajstić information content (AvgIpc) is 2.47. The maximum absolute atomic E-state index is 9.54. The van der Waals surface area contributed by atoms with Crippen LogP contribution in [0.5, 0.6) is 0 Å². The first-order chi connectivity index (χ1) is 10.1. The van der Waals surface area contributed by atoms with Crippen molar-refractivity contribution < 1.29 is 5.11 Å². The number of aliphatic hydroxyl groups excluding tert-OH is 1. The predicted octanol–water partition coefficient (Wildman–Crippen LogP) is 1.81. The summed E-state index contributed by atoms with van der Waals surface area (Å²) in [6.45, 7) is 4.94. The first kappa shape index (κ1) is 14.2. The second-order valence-corrected chi connectivity index (χ2v) is 6.33. The summed E-state index contributed by atoms with van der Waals surface area (Å²) in [7, 11) is 0. The molecule has 112 valence electrons. The molecule has 2 aromatic rings. The first-order valence-electron chi connectivity index (χ1n) is 7.44. The largest absolute Gasteiger partial charge is 0.396 e. The lowest BCUT2D eigenvalue weighted by Gasteiger charge is -2.39. The summed E-state index contributed by atoms with van der Waals surface area (Å²) >= 11 is 0. The molecular formula is C16H22N4O. The van der Waals surface area contributed by atoms with Gasteiger partial charge in [0.15, 0.2) is 0 Å². The third-order valence-electron chi connectivity index (χ3n) is 4.29. The van der Waals surface area contributed by atoms with Gasteiger partial charge in [-0.2, -0.15) is 0 Å². The van der Waals surface area contributed by atoms with E-state index in [1.54, 1.807) is 0 Å². The Balaban J connectivity index is 1.82. The maximum Gasteiger partial charge on any atom is 0.145 e. The highest BCUT2D eigenvalue weighted by molar-refractivity contribution is 5.87. The zero-order valence-electron chi connectivity index (χ0n) is 12.4.